The van der Waals surface area contributed by atoms with Crippen molar-refractivity contribution in [1.82, 2.24) is 10.6 Å². The Hall–Kier alpha value is -6.87. The highest BCUT2D eigenvalue weighted by Crippen LogP contribution is 2.25. The van der Waals surface area contributed by atoms with Crippen LogP contribution in [0.3, 0.4) is 0 Å². The van der Waals surface area contributed by atoms with Gasteiger partial charge in [-0.15, -0.1) is 0 Å². The van der Waals surface area contributed by atoms with Gasteiger partial charge < -0.3 is 20.5 Å². The summed E-state index contributed by atoms with van der Waals surface area (Å²) in [6.45, 7) is -0.286. The van der Waals surface area contributed by atoms with Gasteiger partial charge in [-0.2, -0.15) is 0 Å². The molecule has 0 fully saturated rings. The third kappa shape index (κ3) is 11.0. The van der Waals surface area contributed by atoms with Gasteiger partial charge in [-0.25, -0.2) is 0 Å². The van der Waals surface area contributed by atoms with E-state index in [1.807, 2.05) is 127 Å². The second-order valence-electron chi connectivity index (χ2n) is 15.5. The smallest absolute Gasteiger partial charge is 0.307 e. The molecule has 9 heteroatoms. The summed E-state index contributed by atoms with van der Waals surface area (Å²) in [5.41, 5.74) is 5.30. The monoisotopic (exact) mass is 800 g/mol. The van der Waals surface area contributed by atoms with E-state index in [9.17, 15) is 29.1 Å². The summed E-state index contributed by atoms with van der Waals surface area (Å²) in [5.74, 6) is -4.42. The molecule has 8 rings (SSSR count). The van der Waals surface area contributed by atoms with Gasteiger partial charge >= 0.3 is 5.97 Å². The van der Waals surface area contributed by atoms with Gasteiger partial charge in [-0.3, -0.25) is 24.0 Å². The Morgan fingerprint density at radius 1 is 0.600 bits per heavy atom. The Balaban J connectivity index is 1.24. The van der Waals surface area contributed by atoms with Gasteiger partial charge in [-0.1, -0.05) is 140 Å². The van der Waals surface area contributed by atoms with Gasteiger partial charge in [0.15, 0.2) is 11.6 Å². The fraction of sp³-hybridized carbons (Fsp3) is 0.235. The molecular formula is C51H48N2O7. The molecule has 2 bridgehead atoms. The zero-order valence-corrected chi connectivity index (χ0v) is 33.3. The first-order valence-corrected chi connectivity index (χ1v) is 20.4. The van der Waals surface area contributed by atoms with Crippen molar-refractivity contribution in [3.63, 3.8) is 0 Å². The number of amides is 2. The van der Waals surface area contributed by atoms with Crippen LogP contribution in [0.25, 0.3) is 21.9 Å². The molecule has 2 amide bonds. The Morgan fingerprint density at radius 3 is 1.98 bits per heavy atom. The molecule has 4 atom stereocenters. The lowest BCUT2D eigenvalue weighted by Crippen LogP contribution is -2.54. The van der Waals surface area contributed by atoms with E-state index >= 15 is 0 Å². The van der Waals surface area contributed by atoms with Gasteiger partial charge in [0, 0.05) is 25.2 Å². The van der Waals surface area contributed by atoms with E-state index in [-0.39, 0.29) is 50.9 Å². The van der Waals surface area contributed by atoms with E-state index in [0.717, 1.165) is 38.6 Å². The first-order chi connectivity index (χ1) is 29.2. The second-order valence-corrected chi connectivity index (χ2v) is 15.5. The molecule has 304 valence electrons. The fourth-order valence-electron chi connectivity index (χ4n) is 7.87. The summed E-state index contributed by atoms with van der Waals surface area (Å²) in [7, 11) is 0. The summed E-state index contributed by atoms with van der Waals surface area (Å²) in [6, 6.07) is 45.5. The number of benzene rings is 6. The summed E-state index contributed by atoms with van der Waals surface area (Å²) >= 11 is 0. The van der Waals surface area contributed by atoms with Gasteiger partial charge in [-0.05, 0) is 82.0 Å². The summed E-state index contributed by atoms with van der Waals surface area (Å²) < 4.78 is 5.85. The van der Waals surface area contributed by atoms with E-state index in [0.29, 0.717) is 17.7 Å². The molecule has 0 spiro atoms. The number of Topliss-reactive ketones (excluding diaryl/α,β-unsaturated/α-hetero) is 2. The van der Waals surface area contributed by atoms with Crippen molar-refractivity contribution in [2.75, 3.05) is 6.61 Å². The maximum absolute atomic E-state index is 14.6. The number of nitrogens with one attached hydrogen (secondary N) is 2. The molecule has 0 aliphatic carbocycles. The third-order valence-corrected chi connectivity index (χ3v) is 11.2. The normalized spacial score (nSPS) is 19.3. The highest BCUT2D eigenvalue weighted by molar-refractivity contribution is 5.96. The number of ketones is 2. The van der Waals surface area contributed by atoms with E-state index in [2.05, 4.69) is 10.6 Å². The molecule has 0 saturated heterocycles. The average molecular weight is 801 g/mol. The number of carbonyl (C=O) groups is 5. The van der Waals surface area contributed by atoms with Crippen molar-refractivity contribution in [3.05, 3.63) is 174 Å². The van der Waals surface area contributed by atoms with Crippen molar-refractivity contribution in [2.24, 2.45) is 11.8 Å². The Kier molecular flexibility index (Phi) is 13.6. The van der Waals surface area contributed by atoms with E-state index in [4.69, 9.17) is 4.74 Å². The van der Waals surface area contributed by atoms with E-state index < -0.39 is 47.5 Å². The molecule has 60 heavy (non-hydrogen) atoms. The molecule has 3 N–H and O–H groups in total. The van der Waals surface area contributed by atoms with E-state index in [1.165, 1.54) is 0 Å². The highest BCUT2D eigenvalue weighted by atomic mass is 16.5. The summed E-state index contributed by atoms with van der Waals surface area (Å²) in [5, 5.41) is 18.1. The number of carbonyl (C=O) groups excluding carboxylic acids is 4. The average Bonchev–Trinajstić information content (AvgIpc) is 3.27. The Labute approximate surface area is 349 Å². The maximum Gasteiger partial charge on any atom is 0.307 e. The quantitative estimate of drug-likeness (QED) is 0.136. The minimum absolute atomic E-state index is 0.0765. The summed E-state index contributed by atoms with van der Waals surface area (Å²) in [4.78, 5) is 69.5. The number of fused-ring (bicyclic) bond motifs is 17. The van der Waals surface area contributed by atoms with Crippen LogP contribution in [0.5, 0.6) is 5.75 Å². The first-order valence-electron chi connectivity index (χ1n) is 20.4. The number of rotatable bonds is 9. The van der Waals surface area contributed by atoms with Crippen molar-refractivity contribution in [3.8, 4) is 16.9 Å². The number of hydrogen-bond acceptors (Lipinski definition) is 6. The SMILES string of the molecule is O=C1COc2ccc(cc2)C[C@@H](C(=O)O)CC(=O)[C@H](CCc2ccccc2)NC(=O)[C@@H](Cc2ccc(-c3ccccc3)cc2)NC(=O)[C@H](Cc2cccc3ccccc23)C1. The van der Waals surface area contributed by atoms with Crippen LogP contribution in [0.15, 0.2) is 152 Å². The van der Waals surface area contributed by atoms with Crippen molar-refractivity contribution < 1.29 is 33.8 Å². The van der Waals surface area contributed by atoms with Gasteiger partial charge in [0.2, 0.25) is 11.8 Å². The van der Waals surface area contributed by atoms with Gasteiger partial charge in [0.25, 0.3) is 0 Å². The lowest BCUT2D eigenvalue weighted by Gasteiger charge is -2.26. The van der Waals surface area contributed by atoms with Gasteiger partial charge in [0.05, 0.1) is 12.0 Å². The lowest BCUT2D eigenvalue weighted by atomic mass is 9.90. The predicted octanol–water partition coefficient (Wildman–Crippen LogP) is 7.76. The minimum Gasteiger partial charge on any atom is -0.486 e. The third-order valence-electron chi connectivity index (χ3n) is 11.2. The van der Waals surface area contributed by atoms with Crippen LogP contribution in [-0.4, -0.2) is 53.1 Å². The van der Waals surface area contributed by atoms with Crippen molar-refractivity contribution >= 4 is 40.1 Å². The van der Waals surface area contributed by atoms with E-state index in [1.54, 1.807) is 24.3 Å². The second kappa shape index (κ2) is 19.7. The summed E-state index contributed by atoms with van der Waals surface area (Å²) in [6.07, 6.45) is 0.603. The topological polar surface area (TPSA) is 139 Å². The first kappa shape index (κ1) is 41.3. The molecule has 6 aromatic carbocycles. The van der Waals surface area contributed by atoms with Crippen LogP contribution in [0.4, 0.5) is 0 Å². The Bertz CT molecular complexity index is 2430. The number of carboxylic acids is 1. The zero-order valence-electron chi connectivity index (χ0n) is 33.3. The fourth-order valence-corrected chi connectivity index (χ4v) is 7.87. The van der Waals surface area contributed by atoms with Crippen LogP contribution in [0.2, 0.25) is 0 Å². The molecule has 6 aromatic rings. The van der Waals surface area contributed by atoms with Crippen LogP contribution >= 0.6 is 0 Å². The number of aryl methyl sites for hydroxylation is 1. The molecule has 2 aliphatic heterocycles. The highest BCUT2D eigenvalue weighted by Gasteiger charge is 2.33. The Morgan fingerprint density at radius 2 is 1.25 bits per heavy atom. The maximum atomic E-state index is 14.6. The molecule has 2 aliphatic rings. The molecule has 0 unspecified atom stereocenters. The van der Waals surface area contributed by atoms with Crippen LogP contribution in [-0.2, 0) is 49.7 Å². The molecule has 0 saturated carbocycles. The van der Waals surface area contributed by atoms with Crippen molar-refractivity contribution in [2.45, 2.75) is 57.0 Å². The van der Waals surface area contributed by atoms with Crippen molar-refractivity contribution in [1.29, 1.82) is 0 Å². The largest absolute Gasteiger partial charge is 0.486 e. The number of aliphatic carboxylic acids is 1. The molecule has 2 heterocycles. The standard InChI is InChI=1S/C51H48N2O7/c54-43-31-41(30-40-16-9-15-39-14-7-8-17-45(39)40)49(56)53-47(29-36-18-23-38(24-19-36)37-12-5-2-6-13-37)50(57)52-46(27-22-34-10-3-1-4-11-34)48(55)32-42(51(58)59)28-35-20-25-44(26-21-35)60-33-43/h1-21,23-26,41-42,46-47H,22,27-33H2,(H,52,57)(H,53,56)(H,58,59)/t41-,42-,46+,47-/m1/s1. The minimum atomic E-state index is -1.14. The zero-order chi connectivity index (χ0) is 41.8. The van der Waals surface area contributed by atoms with Gasteiger partial charge in [0.1, 0.15) is 18.4 Å². The molecule has 0 aromatic heterocycles. The number of ether oxygens (including phenoxy) is 1. The molecule has 9 nitrogen and oxygen atoms in total. The number of hydrogen-bond donors (Lipinski definition) is 3. The molecule has 0 radical (unpaired) electrons. The number of carboxylic acid groups (broad SMARTS) is 1. The molecular weight excluding hydrogens is 753 g/mol. The van der Waals surface area contributed by atoms with Crippen LogP contribution in [0.1, 0.15) is 41.5 Å². The predicted molar refractivity (Wildman–Crippen MR) is 231 cm³/mol. The lowest BCUT2D eigenvalue weighted by molar-refractivity contribution is -0.144. The van der Waals surface area contributed by atoms with Crippen LogP contribution < -0.4 is 15.4 Å². The van der Waals surface area contributed by atoms with Crippen LogP contribution in [0, 0.1) is 11.8 Å².